The predicted octanol–water partition coefficient (Wildman–Crippen LogP) is 6.80. The lowest BCUT2D eigenvalue weighted by Gasteiger charge is -2.11. The van der Waals surface area contributed by atoms with Crippen LogP contribution >= 0.6 is 11.8 Å². The van der Waals surface area contributed by atoms with Crippen LogP contribution in [0.3, 0.4) is 0 Å². The molecule has 0 bridgehead atoms. The molecule has 0 fully saturated rings. The number of benzene rings is 4. The Morgan fingerprint density at radius 1 is 0.818 bits per heavy atom. The molecule has 0 aliphatic rings. The highest BCUT2D eigenvalue weighted by Gasteiger charge is 2.14. The summed E-state index contributed by atoms with van der Waals surface area (Å²) in [7, 11) is 0. The van der Waals surface area contributed by atoms with E-state index in [0.29, 0.717) is 5.82 Å². The van der Waals surface area contributed by atoms with Crippen molar-refractivity contribution in [1.82, 2.24) is 9.97 Å². The Balaban J connectivity index is 1.51. The van der Waals surface area contributed by atoms with Gasteiger partial charge in [0.25, 0.3) is 0 Å². The van der Waals surface area contributed by atoms with Crippen LogP contribution in [0.25, 0.3) is 33.1 Å². The fourth-order valence-corrected chi connectivity index (χ4v) is 4.85. The third-order valence-corrected chi connectivity index (χ3v) is 6.42. The molecule has 1 amide bonds. The SMILES string of the molecule is Cc1cc(C)cc(NC(=O)CSc2nc(-c3ccccc3)nc3c2ccc2ccccc23)c1. The van der Waals surface area contributed by atoms with Gasteiger partial charge in [0.1, 0.15) is 5.03 Å². The molecule has 4 aromatic carbocycles. The first-order chi connectivity index (χ1) is 16.1. The molecule has 0 unspecified atom stereocenters. The Hall–Kier alpha value is -3.70. The third kappa shape index (κ3) is 4.59. The molecule has 1 aromatic heterocycles. The maximum Gasteiger partial charge on any atom is 0.234 e. The average Bonchev–Trinajstić information content (AvgIpc) is 2.82. The number of amides is 1. The van der Waals surface area contributed by atoms with Gasteiger partial charge in [-0.15, -0.1) is 0 Å². The van der Waals surface area contributed by atoms with Gasteiger partial charge in [-0.1, -0.05) is 78.5 Å². The summed E-state index contributed by atoms with van der Waals surface area (Å²) in [5, 5.41) is 6.99. The molecule has 0 saturated heterocycles. The molecule has 0 saturated carbocycles. The van der Waals surface area contributed by atoms with Crippen molar-refractivity contribution in [3.05, 3.63) is 96.1 Å². The highest BCUT2D eigenvalue weighted by molar-refractivity contribution is 8.00. The quantitative estimate of drug-likeness (QED) is 0.182. The van der Waals surface area contributed by atoms with Crippen LogP contribution < -0.4 is 5.32 Å². The van der Waals surface area contributed by atoms with E-state index < -0.39 is 0 Å². The highest BCUT2D eigenvalue weighted by atomic mass is 32.2. The zero-order valence-electron chi connectivity index (χ0n) is 18.5. The van der Waals surface area contributed by atoms with Gasteiger partial charge in [0, 0.05) is 22.0 Å². The monoisotopic (exact) mass is 449 g/mol. The summed E-state index contributed by atoms with van der Waals surface area (Å²) in [6.07, 6.45) is 0. The summed E-state index contributed by atoms with van der Waals surface area (Å²) in [5.41, 5.74) is 4.92. The molecule has 162 valence electrons. The second kappa shape index (κ2) is 9.04. The first-order valence-electron chi connectivity index (χ1n) is 10.8. The van der Waals surface area contributed by atoms with Gasteiger partial charge in [0.2, 0.25) is 5.91 Å². The second-order valence-corrected chi connectivity index (χ2v) is 9.08. The molecule has 0 atom stereocenters. The number of carbonyl (C=O) groups is 1. The van der Waals surface area contributed by atoms with Gasteiger partial charge in [-0.2, -0.15) is 0 Å². The normalized spacial score (nSPS) is 11.1. The van der Waals surface area contributed by atoms with Crippen molar-refractivity contribution in [2.24, 2.45) is 0 Å². The average molecular weight is 450 g/mol. The van der Waals surface area contributed by atoms with E-state index in [9.17, 15) is 4.79 Å². The van der Waals surface area contributed by atoms with E-state index in [2.05, 4.69) is 35.6 Å². The number of nitrogens with zero attached hydrogens (tertiary/aromatic N) is 2. The van der Waals surface area contributed by atoms with Gasteiger partial charge in [-0.05, 0) is 48.6 Å². The maximum absolute atomic E-state index is 12.7. The molecule has 5 rings (SSSR count). The number of fused-ring (bicyclic) bond motifs is 3. The standard InChI is InChI=1S/C28H23N3OS/c1-18-14-19(2)16-22(15-18)29-25(32)17-33-28-24-13-12-20-8-6-7-11-23(20)26(24)30-27(31-28)21-9-4-3-5-10-21/h3-16H,17H2,1-2H3,(H,29,32). The van der Waals surface area contributed by atoms with Crippen LogP contribution in [0.2, 0.25) is 0 Å². The highest BCUT2D eigenvalue weighted by Crippen LogP contribution is 2.32. The Kier molecular flexibility index (Phi) is 5.80. The minimum absolute atomic E-state index is 0.0567. The number of carbonyl (C=O) groups excluding carboxylic acids is 1. The van der Waals surface area contributed by atoms with Gasteiger partial charge >= 0.3 is 0 Å². The van der Waals surface area contributed by atoms with Crippen LogP contribution in [0.5, 0.6) is 0 Å². The zero-order chi connectivity index (χ0) is 22.8. The fraction of sp³-hybridized carbons (Fsp3) is 0.107. The predicted molar refractivity (Wildman–Crippen MR) is 138 cm³/mol. The smallest absolute Gasteiger partial charge is 0.234 e. The molecular formula is C28H23N3OS. The number of aryl methyl sites for hydroxylation is 2. The fourth-order valence-electron chi connectivity index (χ4n) is 4.04. The molecular weight excluding hydrogens is 426 g/mol. The summed E-state index contributed by atoms with van der Waals surface area (Å²) in [6.45, 7) is 4.06. The Morgan fingerprint density at radius 3 is 2.33 bits per heavy atom. The molecule has 0 radical (unpaired) electrons. The summed E-state index contributed by atoms with van der Waals surface area (Å²) in [6, 6.07) is 28.4. The Bertz CT molecular complexity index is 1460. The van der Waals surface area contributed by atoms with E-state index in [-0.39, 0.29) is 11.7 Å². The van der Waals surface area contributed by atoms with Crippen LogP contribution in [-0.4, -0.2) is 21.6 Å². The van der Waals surface area contributed by atoms with Crippen LogP contribution in [0, 0.1) is 13.8 Å². The summed E-state index contributed by atoms with van der Waals surface area (Å²) >= 11 is 1.44. The summed E-state index contributed by atoms with van der Waals surface area (Å²) in [4.78, 5) is 22.5. The molecule has 1 heterocycles. The summed E-state index contributed by atoms with van der Waals surface area (Å²) < 4.78 is 0. The van der Waals surface area contributed by atoms with Crippen molar-refractivity contribution < 1.29 is 4.79 Å². The number of anilines is 1. The molecule has 0 spiro atoms. The number of hydrogen-bond acceptors (Lipinski definition) is 4. The number of aromatic nitrogens is 2. The largest absolute Gasteiger partial charge is 0.325 e. The van der Waals surface area contributed by atoms with Gasteiger partial charge in [0.15, 0.2) is 5.82 Å². The number of hydrogen-bond donors (Lipinski definition) is 1. The first kappa shape index (κ1) is 21.2. The minimum Gasteiger partial charge on any atom is -0.325 e. The number of nitrogens with one attached hydrogen (secondary N) is 1. The van der Waals surface area contributed by atoms with Gasteiger partial charge in [-0.25, -0.2) is 9.97 Å². The van der Waals surface area contributed by atoms with Crippen LogP contribution in [0.1, 0.15) is 11.1 Å². The second-order valence-electron chi connectivity index (χ2n) is 8.11. The van der Waals surface area contributed by atoms with Gasteiger partial charge in [0.05, 0.1) is 11.3 Å². The lowest BCUT2D eigenvalue weighted by molar-refractivity contribution is -0.113. The van der Waals surface area contributed by atoms with Crippen molar-refractivity contribution in [3.8, 4) is 11.4 Å². The van der Waals surface area contributed by atoms with Crippen molar-refractivity contribution >= 4 is 45.0 Å². The van der Waals surface area contributed by atoms with E-state index >= 15 is 0 Å². The first-order valence-corrected chi connectivity index (χ1v) is 11.8. The van der Waals surface area contributed by atoms with Crippen molar-refractivity contribution in [2.75, 3.05) is 11.1 Å². The van der Waals surface area contributed by atoms with Gasteiger partial charge < -0.3 is 5.32 Å². The summed E-state index contributed by atoms with van der Waals surface area (Å²) in [5.74, 6) is 0.871. The Morgan fingerprint density at radius 2 is 1.55 bits per heavy atom. The number of rotatable bonds is 5. The maximum atomic E-state index is 12.7. The van der Waals surface area contributed by atoms with Crippen LogP contribution in [0.15, 0.2) is 90.0 Å². The van der Waals surface area contributed by atoms with E-state index in [1.165, 1.54) is 11.8 Å². The van der Waals surface area contributed by atoms with E-state index in [0.717, 1.165) is 49.1 Å². The van der Waals surface area contributed by atoms with E-state index in [1.807, 2.05) is 68.4 Å². The molecule has 5 heteroatoms. The third-order valence-electron chi connectivity index (χ3n) is 5.43. The number of thioether (sulfide) groups is 1. The molecule has 5 aromatic rings. The van der Waals surface area contributed by atoms with Crippen molar-refractivity contribution in [3.63, 3.8) is 0 Å². The van der Waals surface area contributed by atoms with Gasteiger partial charge in [-0.3, -0.25) is 4.79 Å². The topological polar surface area (TPSA) is 54.9 Å². The van der Waals surface area contributed by atoms with Crippen molar-refractivity contribution in [1.29, 1.82) is 0 Å². The molecule has 33 heavy (non-hydrogen) atoms. The molecule has 4 nitrogen and oxygen atoms in total. The zero-order valence-corrected chi connectivity index (χ0v) is 19.3. The minimum atomic E-state index is -0.0567. The van der Waals surface area contributed by atoms with Crippen LogP contribution in [-0.2, 0) is 4.79 Å². The van der Waals surface area contributed by atoms with E-state index in [1.54, 1.807) is 0 Å². The van der Waals surface area contributed by atoms with E-state index in [4.69, 9.17) is 9.97 Å². The molecule has 0 aliphatic carbocycles. The lowest BCUT2D eigenvalue weighted by atomic mass is 10.1. The van der Waals surface area contributed by atoms with Crippen LogP contribution in [0.4, 0.5) is 5.69 Å². The lowest BCUT2D eigenvalue weighted by Crippen LogP contribution is -2.14. The Labute approximate surface area is 197 Å². The molecule has 1 N–H and O–H groups in total. The van der Waals surface area contributed by atoms with Crippen molar-refractivity contribution in [2.45, 2.75) is 18.9 Å². The molecule has 0 aliphatic heterocycles.